The van der Waals surface area contributed by atoms with Gasteiger partial charge in [-0.1, -0.05) is 196 Å². The van der Waals surface area contributed by atoms with Gasteiger partial charge in [0, 0.05) is 0 Å². The minimum absolute atomic E-state index is 0.928. The lowest BCUT2D eigenvalue weighted by molar-refractivity contribution is 0.698. The second-order valence-corrected chi connectivity index (χ2v) is 16.5. The SMILES string of the molecule is CCCCCC[B-](c1ccccc1)(c1ccccc1)c1ccccc1.c1ccc([P+](c2ccccc2)(c2ccccc2)c2ccccc2)cc1. The van der Waals surface area contributed by atoms with Gasteiger partial charge in [0.25, 0.3) is 0 Å². The van der Waals surface area contributed by atoms with Crippen LogP contribution in [0.5, 0.6) is 0 Å². The molecule has 0 aliphatic heterocycles. The predicted octanol–water partition coefficient (Wildman–Crippen LogP) is 9.04. The van der Waals surface area contributed by atoms with E-state index < -0.39 is 13.4 Å². The van der Waals surface area contributed by atoms with Gasteiger partial charge < -0.3 is 0 Å². The molecule has 248 valence electrons. The summed E-state index contributed by atoms with van der Waals surface area (Å²) >= 11 is 0. The van der Waals surface area contributed by atoms with Crippen molar-refractivity contribution < 1.29 is 0 Å². The van der Waals surface area contributed by atoms with E-state index in [9.17, 15) is 0 Å². The molecule has 0 unspecified atom stereocenters. The van der Waals surface area contributed by atoms with E-state index in [0.717, 1.165) is 0 Å². The van der Waals surface area contributed by atoms with Gasteiger partial charge in [0.2, 0.25) is 0 Å². The topological polar surface area (TPSA) is 0 Å². The van der Waals surface area contributed by atoms with Crippen molar-refractivity contribution in [2.45, 2.75) is 38.9 Å². The molecule has 0 fully saturated rings. The molecule has 50 heavy (non-hydrogen) atoms. The van der Waals surface area contributed by atoms with E-state index >= 15 is 0 Å². The van der Waals surface area contributed by atoms with Crippen molar-refractivity contribution in [1.82, 2.24) is 0 Å². The van der Waals surface area contributed by atoms with E-state index in [1.54, 1.807) is 0 Å². The van der Waals surface area contributed by atoms with Crippen LogP contribution in [-0.2, 0) is 0 Å². The van der Waals surface area contributed by atoms with Gasteiger partial charge in [-0.3, -0.25) is 0 Å². The minimum Gasteiger partial charge on any atom is -0.200 e. The summed E-state index contributed by atoms with van der Waals surface area (Å²) in [7, 11) is -1.91. The molecule has 0 bridgehead atoms. The molecule has 0 atom stereocenters. The first kappa shape index (κ1) is 34.9. The van der Waals surface area contributed by atoms with Crippen LogP contribution in [0.1, 0.15) is 32.6 Å². The molecule has 0 radical (unpaired) electrons. The Hall–Kier alpha value is -4.97. The second kappa shape index (κ2) is 17.6. The summed E-state index contributed by atoms with van der Waals surface area (Å²) in [6.07, 6.45) is 5.46. The Labute approximate surface area is 301 Å². The third kappa shape index (κ3) is 7.60. The highest BCUT2D eigenvalue weighted by molar-refractivity contribution is 8.01. The number of hydrogen-bond donors (Lipinski definition) is 0. The molecule has 7 aromatic rings. The zero-order chi connectivity index (χ0) is 34.3. The van der Waals surface area contributed by atoms with Crippen LogP contribution in [0.3, 0.4) is 0 Å². The number of rotatable bonds is 12. The highest BCUT2D eigenvalue weighted by Crippen LogP contribution is 2.54. The molecule has 0 aliphatic carbocycles. The molecule has 0 saturated heterocycles. The van der Waals surface area contributed by atoms with Gasteiger partial charge in [-0.05, 0) is 48.5 Å². The van der Waals surface area contributed by atoms with Crippen LogP contribution >= 0.6 is 7.26 Å². The molecule has 0 heterocycles. The van der Waals surface area contributed by atoms with Gasteiger partial charge in [0.05, 0.1) is 6.15 Å². The van der Waals surface area contributed by atoms with Crippen molar-refractivity contribution in [2.75, 3.05) is 0 Å². The van der Waals surface area contributed by atoms with Gasteiger partial charge in [0.15, 0.2) is 0 Å². The second-order valence-electron chi connectivity index (χ2n) is 13.1. The normalized spacial score (nSPS) is 11.3. The first-order chi connectivity index (χ1) is 24.8. The van der Waals surface area contributed by atoms with Crippen molar-refractivity contribution in [3.63, 3.8) is 0 Å². The van der Waals surface area contributed by atoms with Crippen LogP contribution in [0.4, 0.5) is 0 Å². The summed E-state index contributed by atoms with van der Waals surface area (Å²) in [6, 6.07) is 77.2. The average molecular weight is 667 g/mol. The Balaban J connectivity index is 0.000000173. The monoisotopic (exact) mass is 666 g/mol. The maximum atomic E-state index is 2.32. The van der Waals surface area contributed by atoms with Crippen LogP contribution in [0.25, 0.3) is 0 Å². The van der Waals surface area contributed by atoms with Crippen molar-refractivity contribution in [3.8, 4) is 0 Å². The van der Waals surface area contributed by atoms with Crippen LogP contribution in [0, 0.1) is 0 Å². The van der Waals surface area contributed by atoms with E-state index in [-0.39, 0.29) is 0 Å². The quantitative estimate of drug-likeness (QED) is 0.0694. The van der Waals surface area contributed by atoms with Gasteiger partial charge in [-0.15, -0.1) is 0 Å². The Kier molecular flexibility index (Phi) is 12.3. The molecular formula is C48H48BP. The summed E-state index contributed by atoms with van der Waals surface area (Å²) in [5.41, 5.74) is 4.36. The van der Waals surface area contributed by atoms with Gasteiger partial charge in [-0.25, -0.2) is 0 Å². The summed E-state index contributed by atoms with van der Waals surface area (Å²) in [5.74, 6) is 0. The lowest BCUT2D eigenvalue weighted by Crippen LogP contribution is -2.66. The number of hydrogen-bond acceptors (Lipinski definition) is 0. The molecule has 7 aromatic carbocycles. The fourth-order valence-corrected chi connectivity index (χ4v) is 12.1. The lowest BCUT2D eigenvalue weighted by Gasteiger charge is -2.43. The summed E-state index contributed by atoms with van der Waals surface area (Å²) in [5, 5.41) is 5.55. The number of benzene rings is 7. The summed E-state index contributed by atoms with van der Waals surface area (Å²) in [6.45, 7) is 2.28. The van der Waals surface area contributed by atoms with E-state index in [4.69, 9.17) is 0 Å². The zero-order valence-corrected chi connectivity index (χ0v) is 30.2. The smallest absolute Gasteiger partial charge is 0.144 e. The lowest BCUT2D eigenvalue weighted by atomic mass is 9.14. The molecule has 0 aromatic heterocycles. The standard InChI is InChI=1S/C24H28B.C24H20P/c1-2-3-4-14-21-25(22-15-8-5-9-16-22,23-17-10-6-11-18-23)24-19-12-7-13-20-24;1-5-13-21(14-6-1)25(22-15-7-2-8-16-22,23-17-9-3-10-18-23)24-19-11-4-12-20-24/h5-13,15-20H,2-4,14,21H2,1H3;1-20H/q-1;+1. The van der Waals surface area contributed by atoms with Gasteiger partial charge in [-0.2, -0.15) is 22.7 Å². The predicted molar refractivity (Wildman–Crippen MR) is 224 cm³/mol. The first-order valence-electron chi connectivity index (χ1n) is 18.3. The third-order valence-corrected chi connectivity index (χ3v) is 14.5. The van der Waals surface area contributed by atoms with E-state index in [2.05, 4.69) is 219 Å². The fraction of sp³-hybridized carbons (Fsp3) is 0.125. The highest BCUT2D eigenvalue weighted by Gasteiger charge is 2.47. The number of unbranched alkanes of at least 4 members (excludes halogenated alkanes) is 3. The molecule has 2 heteroatoms. The van der Waals surface area contributed by atoms with E-state index in [1.807, 2.05) is 0 Å². The Morgan fingerprint density at radius 2 is 0.580 bits per heavy atom. The van der Waals surface area contributed by atoms with Crippen LogP contribution in [-0.4, -0.2) is 6.15 Å². The van der Waals surface area contributed by atoms with Crippen molar-refractivity contribution >= 4 is 51.0 Å². The average Bonchev–Trinajstić information content (AvgIpc) is 3.21. The Bertz CT molecular complexity index is 1690. The summed E-state index contributed by atoms with van der Waals surface area (Å²) < 4.78 is 0. The van der Waals surface area contributed by atoms with Crippen LogP contribution in [0.15, 0.2) is 212 Å². The molecule has 0 saturated carbocycles. The van der Waals surface area contributed by atoms with E-state index in [0.29, 0.717) is 0 Å². The maximum Gasteiger partial charge on any atom is 0.144 e. The van der Waals surface area contributed by atoms with Crippen molar-refractivity contribution in [3.05, 3.63) is 212 Å². The molecule has 0 spiro atoms. The van der Waals surface area contributed by atoms with Crippen LogP contribution in [0.2, 0.25) is 6.32 Å². The zero-order valence-electron chi connectivity index (χ0n) is 29.3. The largest absolute Gasteiger partial charge is 0.200 e. The van der Waals surface area contributed by atoms with Gasteiger partial charge in [0.1, 0.15) is 28.5 Å². The van der Waals surface area contributed by atoms with Gasteiger partial charge >= 0.3 is 0 Å². The molecule has 0 N–H and O–H groups in total. The van der Waals surface area contributed by atoms with Crippen LogP contribution < -0.4 is 37.6 Å². The first-order valence-corrected chi connectivity index (χ1v) is 20.0. The molecule has 0 nitrogen and oxygen atoms in total. The molecular weight excluding hydrogens is 618 g/mol. The Morgan fingerprint density at radius 1 is 0.320 bits per heavy atom. The fourth-order valence-electron chi connectivity index (χ4n) is 7.80. The van der Waals surface area contributed by atoms with E-state index in [1.165, 1.54) is 69.6 Å². The Morgan fingerprint density at radius 3 is 0.840 bits per heavy atom. The van der Waals surface area contributed by atoms with Crippen molar-refractivity contribution in [2.24, 2.45) is 0 Å². The summed E-state index contributed by atoms with van der Waals surface area (Å²) in [4.78, 5) is 0. The molecule has 0 aliphatic rings. The maximum absolute atomic E-state index is 2.32. The molecule has 0 amide bonds. The van der Waals surface area contributed by atoms with Crippen molar-refractivity contribution in [1.29, 1.82) is 0 Å². The minimum atomic E-state index is -1.91. The highest BCUT2D eigenvalue weighted by atomic mass is 31.2. The molecule has 7 rings (SSSR count). The third-order valence-electron chi connectivity index (χ3n) is 10.2.